The van der Waals surface area contributed by atoms with Gasteiger partial charge < -0.3 is 34.2 Å². The summed E-state index contributed by atoms with van der Waals surface area (Å²) in [4.78, 5) is 44.4. The van der Waals surface area contributed by atoms with Gasteiger partial charge in [-0.25, -0.2) is 14.0 Å². The second kappa shape index (κ2) is 19.8. The molecule has 0 spiro atoms. The Morgan fingerprint density at radius 3 is 2.43 bits per heavy atom. The van der Waals surface area contributed by atoms with E-state index in [2.05, 4.69) is 4.90 Å². The summed E-state index contributed by atoms with van der Waals surface area (Å²) in [6, 6.07) is 0.165. The van der Waals surface area contributed by atoms with Crippen molar-refractivity contribution in [3.05, 3.63) is 36.0 Å². The normalized spacial score (nSPS) is 32.4. The number of likely N-dealkylation sites (tertiary alicyclic amines) is 1. The molecule has 3 fully saturated rings. The fourth-order valence-corrected chi connectivity index (χ4v) is 7.60. The van der Waals surface area contributed by atoms with E-state index < -0.39 is 54.8 Å². The van der Waals surface area contributed by atoms with Gasteiger partial charge >= 0.3 is 18.2 Å². The van der Waals surface area contributed by atoms with Crippen LogP contribution >= 0.6 is 0 Å². The summed E-state index contributed by atoms with van der Waals surface area (Å²) < 4.78 is 30.5. The summed E-state index contributed by atoms with van der Waals surface area (Å²) in [5.74, 6) is -1.03. The van der Waals surface area contributed by atoms with Gasteiger partial charge in [-0.15, -0.1) is 0 Å². The SMILES string of the molecule is C/C(=C\C=C\[C@@H](C)COC(=O)N1CCC[C@H]1CF)[C@H]1OC(=O)C[C@H](O)CC[C@@](C)(O)[C@@H](OC(=O)N2CCN(C3CCCCCC3)CC2)/C=C\[C@@H]1C. The molecule has 2 N–H and O–H groups in total. The molecule has 1 saturated carbocycles. The molecule has 4 aliphatic rings. The van der Waals surface area contributed by atoms with Crippen molar-refractivity contribution >= 4 is 18.2 Å². The van der Waals surface area contributed by atoms with Crippen molar-refractivity contribution in [3.63, 3.8) is 0 Å². The number of nitrogens with zero attached hydrogens (tertiary/aromatic N) is 3. The summed E-state index contributed by atoms with van der Waals surface area (Å²) in [5.41, 5.74) is -0.746. The van der Waals surface area contributed by atoms with E-state index in [1.807, 2.05) is 39.0 Å². The van der Waals surface area contributed by atoms with Gasteiger partial charge in [0.25, 0.3) is 0 Å². The number of amides is 2. The maximum Gasteiger partial charge on any atom is 0.410 e. The van der Waals surface area contributed by atoms with Crippen molar-refractivity contribution in [2.45, 2.75) is 134 Å². The molecule has 51 heavy (non-hydrogen) atoms. The third-order valence-corrected chi connectivity index (χ3v) is 11.0. The summed E-state index contributed by atoms with van der Waals surface area (Å²) in [6.07, 6.45) is 14.3. The lowest BCUT2D eigenvalue weighted by atomic mass is 9.89. The van der Waals surface area contributed by atoms with Crippen LogP contribution in [0.15, 0.2) is 36.0 Å². The van der Waals surface area contributed by atoms with Crippen LogP contribution in [0.25, 0.3) is 0 Å². The number of aliphatic hydroxyl groups excluding tert-OH is 1. The summed E-state index contributed by atoms with van der Waals surface area (Å²) >= 11 is 0. The van der Waals surface area contributed by atoms with Crippen molar-refractivity contribution in [1.29, 1.82) is 0 Å². The Labute approximate surface area is 303 Å². The van der Waals surface area contributed by atoms with Crippen LogP contribution < -0.4 is 0 Å². The second-order valence-corrected chi connectivity index (χ2v) is 15.4. The molecule has 12 heteroatoms. The van der Waals surface area contributed by atoms with E-state index in [1.165, 1.54) is 43.4 Å². The highest BCUT2D eigenvalue weighted by Gasteiger charge is 2.37. The van der Waals surface area contributed by atoms with E-state index in [4.69, 9.17) is 14.2 Å². The second-order valence-electron chi connectivity index (χ2n) is 15.4. The zero-order valence-corrected chi connectivity index (χ0v) is 31.2. The number of piperazine rings is 1. The first kappa shape index (κ1) is 40.8. The summed E-state index contributed by atoms with van der Waals surface area (Å²) in [7, 11) is 0. The smallest absolute Gasteiger partial charge is 0.410 e. The first-order valence-electron chi connectivity index (χ1n) is 19.2. The molecule has 4 rings (SSSR count). The Bertz CT molecular complexity index is 1220. The van der Waals surface area contributed by atoms with E-state index in [0.29, 0.717) is 32.1 Å². The van der Waals surface area contributed by atoms with Gasteiger partial charge in [-0.05, 0) is 64.0 Å². The molecule has 1 aliphatic carbocycles. The molecule has 0 aromatic heterocycles. The van der Waals surface area contributed by atoms with E-state index in [-0.39, 0.29) is 37.7 Å². The monoisotopic (exact) mass is 719 g/mol. The van der Waals surface area contributed by atoms with Gasteiger partial charge in [0.15, 0.2) is 6.10 Å². The van der Waals surface area contributed by atoms with Gasteiger partial charge in [0.1, 0.15) is 18.4 Å². The highest BCUT2D eigenvalue weighted by atomic mass is 19.1. The Balaban J connectivity index is 1.39. The van der Waals surface area contributed by atoms with Crippen molar-refractivity contribution in [1.82, 2.24) is 14.7 Å². The molecule has 0 unspecified atom stereocenters. The van der Waals surface area contributed by atoms with Gasteiger partial charge in [0.2, 0.25) is 0 Å². The van der Waals surface area contributed by atoms with Crippen molar-refractivity contribution in [2.24, 2.45) is 11.8 Å². The number of hydrogen-bond donors (Lipinski definition) is 2. The van der Waals surface area contributed by atoms with E-state index >= 15 is 0 Å². The van der Waals surface area contributed by atoms with Gasteiger partial charge in [-0.2, -0.15) is 0 Å². The van der Waals surface area contributed by atoms with Gasteiger partial charge in [0, 0.05) is 50.6 Å². The number of carbonyl (C=O) groups excluding carboxylic acids is 3. The fourth-order valence-electron chi connectivity index (χ4n) is 7.60. The predicted octanol–water partition coefficient (Wildman–Crippen LogP) is 5.94. The quantitative estimate of drug-likeness (QED) is 0.103. The Hall–Kier alpha value is -2.96. The van der Waals surface area contributed by atoms with E-state index in [0.717, 1.165) is 25.1 Å². The largest absolute Gasteiger partial charge is 0.457 e. The molecule has 2 saturated heterocycles. The number of esters is 1. The predicted molar refractivity (Wildman–Crippen MR) is 193 cm³/mol. The van der Waals surface area contributed by atoms with Crippen LogP contribution in [-0.4, -0.2) is 125 Å². The molecule has 11 nitrogen and oxygen atoms in total. The first-order valence-corrected chi connectivity index (χ1v) is 19.2. The fraction of sp³-hybridized carbons (Fsp3) is 0.769. The molecular formula is C39H62FN3O8. The maximum absolute atomic E-state index is 13.4. The number of halogens is 1. The van der Waals surface area contributed by atoms with Crippen LogP contribution in [0.4, 0.5) is 14.0 Å². The highest BCUT2D eigenvalue weighted by Crippen LogP contribution is 2.28. The average Bonchev–Trinajstić information content (AvgIpc) is 3.43. The maximum atomic E-state index is 13.4. The van der Waals surface area contributed by atoms with Crippen molar-refractivity contribution < 1.29 is 43.2 Å². The molecule has 0 aromatic carbocycles. The molecule has 0 aromatic rings. The Morgan fingerprint density at radius 1 is 1.04 bits per heavy atom. The number of hydrogen-bond acceptors (Lipinski definition) is 9. The Morgan fingerprint density at radius 2 is 1.75 bits per heavy atom. The number of rotatable bonds is 8. The number of allylic oxidation sites excluding steroid dienone is 2. The van der Waals surface area contributed by atoms with Crippen molar-refractivity contribution in [2.75, 3.05) is 46.0 Å². The van der Waals surface area contributed by atoms with Crippen LogP contribution in [-0.2, 0) is 19.0 Å². The molecule has 0 bridgehead atoms. The lowest BCUT2D eigenvalue weighted by molar-refractivity contribution is -0.151. The molecule has 288 valence electrons. The number of alkyl halides is 1. The number of ether oxygens (including phenoxy) is 3. The zero-order valence-electron chi connectivity index (χ0n) is 31.2. The summed E-state index contributed by atoms with van der Waals surface area (Å²) in [6.45, 7) is 10.0. The minimum absolute atomic E-state index is 0.114. The highest BCUT2D eigenvalue weighted by molar-refractivity contribution is 5.70. The first-order chi connectivity index (χ1) is 24.4. The van der Waals surface area contributed by atoms with Crippen LogP contribution in [0.3, 0.4) is 0 Å². The minimum atomic E-state index is -1.48. The topological polar surface area (TPSA) is 129 Å². The number of aliphatic hydroxyl groups is 2. The molecule has 3 aliphatic heterocycles. The van der Waals surface area contributed by atoms with Crippen LogP contribution in [0.2, 0.25) is 0 Å². The van der Waals surface area contributed by atoms with Crippen LogP contribution in [0.1, 0.15) is 98.3 Å². The summed E-state index contributed by atoms with van der Waals surface area (Å²) in [5, 5.41) is 22.2. The number of cyclic esters (lactones) is 1. The van der Waals surface area contributed by atoms with Crippen LogP contribution in [0.5, 0.6) is 0 Å². The molecular weight excluding hydrogens is 657 g/mol. The average molecular weight is 720 g/mol. The molecule has 2 amide bonds. The number of carbonyl (C=O) groups is 3. The van der Waals surface area contributed by atoms with E-state index in [9.17, 15) is 29.0 Å². The van der Waals surface area contributed by atoms with Crippen LogP contribution in [0, 0.1) is 11.8 Å². The standard InChI is InChI=1S/C39H62FN3O8/c1-28(27-49-38(47)43-20-10-15-32(43)26-40)11-9-12-29(2)36-30(3)16-17-34(39(4,48)19-18-33(44)25-35(45)51-36)50-37(46)42-23-21-41(22-24-42)31-13-7-5-6-8-14-31/h9,11-12,16-17,28,30-34,36,44,48H,5-8,10,13-15,18-27H2,1-4H3/b11-9+,17-16-,29-12+/t28-,30+,32+,33-,34+,36-,39-/m1/s1. The Kier molecular flexibility index (Phi) is 15.8. The zero-order chi connectivity index (χ0) is 37.0. The third-order valence-electron chi connectivity index (χ3n) is 11.0. The lowest BCUT2D eigenvalue weighted by Crippen LogP contribution is -2.53. The van der Waals surface area contributed by atoms with Crippen molar-refractivity contribution in [3.8, 4) is 0 Å². The molecule has 7 atom stereocenters. The minimum Gasteiger partial charge on any atom is -0.457 e. The van der Waals surface area contributed by atoms with Gasteiger partial charge in [0.05, 0.1) is 25.2 Å². The van der Waals surface area contributed by atoms with E-state index in [1.54, 1.807) is 24.0 Å². The van der Waals surface area contributed by atoms with Gasteiger partial charge in [-0.1, -0.05) is 63.8 Å². The third kappa shape index (κ3) is 12.3. The molecule has 0 radical (unpaired) electrons. The molecule has 3 heterocycles. The lowest BCUT2D eigenvalue weighted by Gasteiger charge is -2.40. The van der Waals surface area contributed by atoms with Gasteiger partial charge in [-0.3, -0.25) is 9.69 Å².